The number of rotatable bonds is 9. The Morgan fingerprint density at radius 1 is 0.824 bits per heavy atom. The fourth-order valence-electron chi connectivity index (χ4n) is 4.87. The van der Waals surface area contributed by atoms with Crippen molar-refractivity contribution < 1.29 is 17.9 Å². The first-order valence-corrected chi connectivity index (χ1v) is 13.4. The molecule has 3 aromatic rings. The summed E-state index contributed by atoms with van der Waals surface area (Å²) in [5.41, 5.74) is 1.40. The van der Waals surface area contributed by atoms with Crippen LogP contribution in [-0.2, 0) is 20.0 Å². The first-order valence-electron chi connectivity index (χ1n) is 11.8. The molecule has 0 bridgehead atoms. The molecule has 0 spiro atoms. The van der Waals surface area contributed by atoms with E-state index in [9.17, 15) is 13.2 Å². The summed E-state index contributed by atoms with van der Waals surface area (Å²) in [6, 6.07) is 27.7. The van der Waals surface area contributed by atoms with Gasteiger partial charge in [-0.25, -0.2) is 13.2 Å². The van der Waals surface area contributed by atoms with E-state index in [0.29, 0.717) is 16.9 Å². The molecule has 1 saturated carbocycles. The van der Waals surface area contributed by atoms with Crippen molar-refractivity contribution in [2.75, 3.05) is 5.75 Å². The Morgan fingerprint density at radius 3 is 2.00 bits per heavy atom. The Balaban J connectivity index is 1.57. The molecule has 3 aromatic carbocycles. The Bertz CT molecular complexity index is 1200. The normalized spacial score (nSPS) is 16.4. The van der Waals surface area contributed by atoms with Gasteiger partial charge in [-0.05, 0) is 42.7 Å². The van der Waals surface area contributed by atoms with Crippen molar-refractivity contribution in [2.45, 2.75) is 48.5 Å². The molecule has 0 N–H and O–H groups in total. The summed E-state index contributed by atoms with van der Waals surface area (Å²) in [5.74, 6) is -0.438. The molecule has 0 aliphatic heterocycles. The highest BCUT2D eigenvalue weighted by Crippen LogP contribution is 2.46. The molecule has 34 heavy (non-hydrogen) atoms. The van der Waals surface area contributed by atoms with Crippen LogP contribution in [0.5, 0.6) is 0 Å². The predicted octanol–water partition coefficient (Wildman–Crippen LogP) is 6.14. The first kappa shape index (κ1) is 24.0. The van der Waals surface area contributed by atoms with E-state index < -0.39 is 9.84 Å². The minimum Gasteiger partial charge on any atom is -0.458 e. The molecule has 0 heterocycles. The Hall–Kier alpha value is -3.18. The second-order valence-electron chi connectivity index (χ2n) is 8.79. The summed E-state index contributed by atoms with van der Waals surface area (Å²) in [6.45, 7) is 0. The molecule has 1 aliphatic carbocycles. The highest BCUT2D eigenvalue weighted by Gasteiger charge is 2.44. The number of esters is 1. The van der Waals surface area contributed by atoms with E-state index in [1.54, 1.807) is 48.5 Å². The Morgan fingerprint density at radius 2 is 1.38 bits per heavy atom. The van der Waals surface area contributed by atoms with Gasteiger partial charge in [0.15, 0.2) is 9.84 Å². The van der Waals surface area contributed by atoms with Gasteiger partial charge in [-0.1, -0.05) is 91.7 Å². The third-order valence-corrected chi connectivity index (χ3v) is 8.28. The summed E-state index contributed by atoms with van der Waals surface area (Å²) >= 11 is 0. The van der Waals surface area contributed by atoms with Crippen LogP contribution in [0.15, 0.2) is 108 Å². The van der Waals surface area contributed by atoms with Gasteiger partial charge >= 0.3 is 5.97 Å². The monoisotopic (exact) mass is 474 g/mol. The molecule has 1 aliphatic rings. The van der Waals surface area contributed by atoms with Gasteiger partial charge in [0.05, 0.1) is 16.2 Å². The number of sulfone groups is 1. The zero-order valence-electron chi connectivity index (χ0n) is 19.2. The first-order chi connectivity index (χ1) is 16.5. The molecule has 176 valence electrons. The van der Waals surface area contributed by atoms with Crippen molar-refractivity contribution >= 4 is 15.8 Å². The number of carbonyl (C=O) groups excluding carboxylic acids is 1. The largest absolute Gasteiger partial charge is 0.458 e. The summed E-state index contributed by atoms with van der Waals surface area (Å²) in [4.78, 5) is 13.3. The van der Waals surface area contributed by atoms with E-state index in [0.717, 1.165) is 25.7 Å². The molecule has 1 unspecified atom stereocenters. The molecule has 0 radical (unpaired) electrons. The smallest absolute Gasteiger partial charge is 0.338 e. The molecule has 0 amide bonds. The van der Waals surface area contributed by atoms with Gasteiger partial charge in [-0.15, -0.1) is 0 Å². The van der Waals surface area contributed by atoms with Crippen molar-refractivity contribution in [3.63, 3.8) is 0 Å². The molecule has 4 rings (SSSR count). The lowest BCUT2D eigenvalue weighted by Gasteiger charge is -2.37. The highest BCUT2D eigenvalue weighted by atomic mass is 32.2. The average molecular weight is 475 g/mol. The molecule has 4 nitrogen and oxygen atoms in total. The molecule has 1 fully saturated rings. The maximum atomic E-state index is 13.0. The standard InChI is InChI=1S/C29H30O4S/c30-28(24-14-4-1-5-15-24)33-27(29(21-11-12-22-29)25-16-6-2-7-17-25)20-10-13-23-34(31,32)26-18-8-3-9-19-26/h1-10,13-19,27H,11-12,20-23H2/b13-10+. The minimum atomic E-state index is -3.41. The van der Waals surface area contributed by atoms with Crippen LogP contribution in [0.25, 0.3) is 0 Å². The van der Waals surface area contributed by atoms with Gasteiger partial charge in [0.2, 0.25) is 0 Å². The van der Waals surface area contributed by atoms with E-state index in [2.05, 4.69) is 12.1 Å². The summed E-state index contributed by atoms with van der Waals surface area (Å²) in [7, 11) is -3.41. The maximum absolute atomic E-state index is 13.0. The zero-order valence-corrected chi connectivity index (χ0v) is 20.0. The molecular formula is C29H30O4S. The average Bonchev–Trinajstić information content (AvgIpc) is 3.38. The molecule has 5 heteroatoms. The van der Waals surface area contributed by atoms with Crippen LogP contribution >= 0.6 is 0 Å². The fraction of sp³-hybridized carbons (Fsp3) is 0.276. The number of hydrogen-bond donors (Lipinski definition) is 0. The van der Waals surface area contributed by atoms with E-state index in [4.69, 9.17) is 4.74 Å². The number of carbonyl (C=O) groups is 1. The topological polar surface area (TPSA) is 60.4 Å². The van der Waals surface area contributed by atoms with Crippen molar-refractivity contribution in [3.05, 3.63) is 114 Å². The van der Waals surface area contributed by atoms with Gasteiger partial charge in [-0.2, -0.15) is 0 Å². The van der Waals surface area contributed by atoms with E-state index in [1.807, 2.05) is 42.5 Å². The van der Waals surface area contributed by atoms with Gasteiger partial charge < -0.3 is 4.74 Å². The lowest BCUT2D eigenvalue weighted by Crippen LogP contribution is -2.40. The third-order valence-electron chi connectivity index (χ3n) is 6.65. The van der Waals surface area contributed by atoms with E-state index in [-0.39, 0.29) is 23.2 Å². The predicted molar refractivity (Wildman–Crippen MR) is 134 cm³/mol. The third kappa shape index (κ3) is 5.48. The maximum Gasteiger partial charge on any atom is 0.338 e. The van der Waals surface area contributed by atoms with Crippen LogP contribution in [0.2, 0.25) is 0 Å². The number of hydrogen-bond acceptors (Lipinski definition) is 4. The number of ether oxygens (including phenoxy) is 1. The van der Waals surface area contributed by atoms with Crippen molar-refractivity contribution in [3.8, 4) is 0 Å². The van der Waals surface area contributed by atoms with Gasteiger partial charge in [0.25, 0.3) is 0 Å². The van der Waals surface area contributed by atoms with E-state index >= 15 is 0 Å². The van der Waals surface area contributed by atoms with Gasteiger partial charge in [0, 0.05) is 11.8 Å². The minimum absolute atomic E-state index is 0.0886. The summed E-state index contributed by atoms with van der Waals surface area (Å²) < 4.78 is 31.4. The van der Waals surface area contributed by atoms with Crippen LogP contribution in [0.1, 0.15) is 48.0 Å². The zero-order chi connectivity index (χ0) is 23.9. The van der Waals surface area contributed by atoms with Gasteiger partial charge in [-0.3, -0.25) is 0 Å². The van der Waals surface area contributed by atoms with Gasteiger partial charge in [0.1, 0.15) is 6.10 Å². The Labute approximate surface area is 202 Å². The van der Waals surface area contributed by atoms with Crippen molar-refractivity contribution in [1.29, 1.82) is 0 Å². The fourth-order valence-corrected chi connectivity index (χ4v) is 6.02. The van der Waals surface area contributed by atoms with Crippen molar-refractivity contribution in [2.24, 2.45) is 0 Å². The quantitative estimate of drug-likeness (QED) is 0.276. The van der Waals surface area contributed by atoms with Crippen molar-refractivity contribution in [1.82, 2.24) is 0 Å². The van der Waals surface area contributed by atoms with Crippen LogP contribution < -0.4 is 0 Å². The lowest BCUT2D eigenvalue weighted by atomic mass is 9.73. The van der Waals surface area contributed by atoms with Crippen LogP contribution in [-0.4, -0.2) is 26.2 Å². The second-order valence-corrected chi connectivity index (χ2v) is 10.8. The lowest BCUT2D eigenvalue weighted by molar-refractivity contribution is 0.00658. The Kier molecular flexibility index (Phi) is 7.63. The molecule has 0 aromatic heterocycles. The molecular weight excluding hydrogens is 444 g/mol. The summed E-state index contributed by atoms with van der Waals surface area (Å²) in [5, 5.41) is 0. The SMILES string of the molecule is O=C(OC(C/C=C/CS(=O)(=O)c1ccccc1)C1(c2ccccc2)CCCC1)c1ccccc1. The number of benzene rings is 3. The summed E-state index contributed by atoms with van der Waals surface area (Å²) in [6.07, 6.45) is 7.60. The van der Waals surface area contributed by atoms with Crippen LogP contribution in [0.3, 0.4) is 0 Å². The highest BCUT2D eigenvalue weighted by molar-refractivity contribution is 7.91. The van der Waals surface area contributed by atoms with Crippen LogP contribution in [0.4, 0.5) is 0 Å². The molecule has 0 saturated heterocycles. The van der Waals surface area contributed by atoms with E-state index in [1.165, 1.54) is 5.56 Å². The molecule has 1 atom stereocenters. The van der Waals surface area contributed by atoms with Crippen LogP contribution in [0, 0.1) is 0 Å². The second kappa shape index (κ2) is 10.8.